The molecule has 0 radical (unpaired) electrons. The van der Waals surface area contributed by atoms with Gasteiger partial charge < -0.3 is 10.2 Å². The van der Waals surface area contributed by atoms with Gasteiger partial charge in [0.05, 0.1) is 5.92 Å². The predicted molar refractivity (Wildman–Crippen MR) is 104 cm³/mol. The molecule has 0 unspecified atom stereocenters. The van der Waals surface area contributed by atoms with Crippen molar-refractivity contribution < 1.29 is 9.18 Å². The van der Waals surface area contributed by atoms with Crippen LogP contribution in [-0.2, 0) is 4.79 Å². The molecule has 4 nitrogen and oxygen atoms in total. The highest BCUT2D eigenvalue weighted by molar-refractivity contribution is 7.17. The number of hydrogen-bond acceptors (Lipinski definition) is 4. The Morgan fingerprint density at radius 1 is 1.35 bits per heavy atom. The van der Waals surface area contributed by atoms with Crippen LogP contribution >= 0.6 is 11.3 Å². The van der Waals surface area contributed by atoms with Gasteiger partial charge in [-0.3, -0.25) is 4.79 Å². The Bertz CT molecular complexity index is 955. The van der Waals surface area contributed by atoms with E-state index in [1.165, 1.54) is 10.8 Å². The number of pyridine rings is 1. The third-order valence-corrected chi connectivity index (χ3v) is 5.77. The van der Waals surface area contributed by atoms with Gasteiger partial charge in [0.1, 0.15) is 11.6 Å². The van der Waals surface area contributed by atoms with Crippen molar-refractivity contribution in [3.8, 4) is 0 Å². The first-order valence-corrected chi connectivity index (χ1v) is 9.64. The van der Waals surface area contributed by atoms with Crippen LogP contribution in [0.5, 0.6) is 0 Å². The van der Waals surface area contributed by atoms with Gasteiger partial charge in [0.25, 0.3) is 0 Å². The molecule has 1 fully saturated rings. The summed E-state index contributed by atoms with van der Waals surface area (Å²) in [5.41, 5.74) is 1.08. The zero-order valence-electron chi connectivity index (χ0n) is 14.5. The molecule has 6 heteroatoms. The van der Waals surface area contributed by atoms with E-state index in [4.69, 9.17) is 0 Å². The second kappa shape index (κ2) is 7.03. The number of halogens is 1. The van der Waals surface area contributed by atoms with Gasteiger partial charge in [-0.15, -0.1) is 11.3 Å². The Morgan fingerprint density at radius 3 is 3.08 bits per heavy atom. The number of carbonyl (C=O) groups is 1. The summed E-state index contributed by atoms with van der Waals surface area (Å²) in [4.78, 5) is 19.4. The minimum Gasteiger partial charge on any atom is -0.355 e. The summed E-state index contributed by atoms with van der Waals surface area (Å²) < 4.78 is 14.9. The highest BCUT2D eigenvalue weighted by Gasteiger charge is 2.27. The van der Waals surface area contributed by atoms with Gasteiger partial charge in [0.2, 0.25) is 5.91 Å². The molecule has 0 saturated carbocycles. The molecular formula is C20H20FN3OS. The first kappa shape index (κ1) is 17.0. The largest absolute Gasteiger partial charge is 0.355 e. The number of fused-ring (bicyclic) bond motifs is 1. The van der Waals surface area contributed by atoms with Crippen LogP contribution in [0.4, 0.5) is 15.9 Å². The van der Waals surface area contributed by atoms with Crippen LogP contribution in [-0.4, -0.2) is 24.0 Å². The van der Waals surface area contributed by atoms with Gasteiger partial charge >= 0.3 is 0 Å². The van der Waals surface area contributed by atoms with Gasteiger partial charge in [0, 0.05) is 35.1 Å². The summed E-state index contributed by atoms with van der Waals surface area (Å²) in [7, 11) is 0. The number of benzene rings is 1. The molecule has 1 aliphatic heterocycles. The maximum Gasteiger partial charge on any atom is 0.229 e. The minimum absolute atomic E-state index is 0.0598. The summed E-state index contributed by atoms with van der Waals surface area (Å²) in [5.74, 6) is 0.447. The number of thiophene rings is 1. The molecule has 1 aliphatic rings. The summed E-state index contributed by atoms with van der Waals surface area (Å²) >= 11 is 1.70. The lowest BCUT2D eigenvalue weighted by atomic mass is 9.96. The van der Waals surface area contributed by atoms with Gasteiger partial charge in [0.15, 0.2) is 0 Å². The zero-order valence-corrected chi connectivity index (χ0v) is 15.4. The van der Waals surface area contributed by atoms with E-state index in [2.05, 4.69) is 26.6 Å². The van der Waals surface area contributed by atoms with Gasteiger partial charge in [-0.25, -0.2) is 9.37 Å². The standard InChI is InChI=1S/C20H20FN3OS/c1-13-4-5-15(11-17(13)21)23-20(25)14-3-2-9-24(12-14)19-16-7-10-26-18(16)6-8-22-19/h4-8,10-11,14H,2-3,9,12H2,1H3,(H,23,25)/t14-/m1/s1. The zero-order chi connectivity index (χ0) is 18.1. The lowest BCUT2D eigenvalue weighted by Crippen LogP contribution is -2.41. The van der Waals surface area contributed by atoms with Crippen LogP contribution < -0.4 is 10.2 Å². The van der Waals surface area contributed by atoms with E-state index in [-0.39, 0.29) is 17.6 Å². The fourth-order valence-corrected chi connectivity index (χ4v) is 4.21. The summed E-state index contributed by atoms with van der Waals surface area (Å²) in [6.45, 7) is 3.23. The third kappa shape index (κ3) is 3.29. The summed E-state index contributed by atoms with van der Waals surface area (Å²) in [6.07, 6.45) is 3.59. The van der Waals surface area contributed by atoms with Crippen molar-refractivity contribution in [2.45, 2.75) is 19.8 Å². The van der Waals surface area contributed by atoms with Crippen molar-refractivity contribution in [2.24, 2.45) is 5.92 Å². The molecule has 0 bridgehead atoms. The maximum absolute atomic E-state index is 13.7. The van der Waals surface area contributed by atoms with Gasteiger partial charge in [-0.05, 0) is 55.0 Å². The van der Waals surface area contributed by atoms with Crippen LogP contribution in [0.3, 0.4) is 0 Å². The fourth-order valence-electron chi connectivity index (χ4n) is 3.43. The van der Waals surface area contributed by atoms with Crippen LogP contribution in [0, 0.1) is 18.7 Å². The first-order chi connectivity index (χ1) is 12.6. The number of nitrogens with one attached hydrogen (secondary N) is 1. The predicted octanol–water partition coefficient (Wildman–Crippen LogP) is 4.60. The first-order valence-electron chi connectivity index (χ1n) is 8.76. The molecule has 1 N–H and O–H groups in total. The molecule has 1 amide bonds. The van der Waals surface area contributed by atoms with Crippen molar-refractivity contribution in [3.63, 3.8) is 0 Å². The van der Waals surface area contributed by atoms with E-state index in [0.717, 1.165) is 30.6 Å². The van der Waals surface area contributed by atoms with Crippen LogP contribution in [0.1, 0.15) is 18.4 Å². The number of nitrogens with zero attached hydrogens (tertiary/aromatic N) is 2. The average Bonchev–Trinajstić information content (AvgIpc) is 3.13. The van der Waals surface area contributed by atoms with E-state index in [9.17, 15) is 9.18 Å². The second-order valence-electron chi connectivity index (χ2n) is 6.71. The Hall–Kier alpha value is -2.47. The molecule has 1 saturated heterocycles. The lowest BCUT2D eigenvalue weighted by Gasteiger charge is -2.33. The second-order valence-corrected chi connectivity index (χ2v) is 7.65. The number of anilines is 2. The van der Waals surface area contributed by atoms with E-state index in [0.29, 0.717) is 17.8 Å². The Kier molecular flexibility index (Phi) is 4.59. The quantitative estimate of drug-likeness (QED) is 0.734. The van der Waals surface area contributed by atoms with Crippen LogP contribution in [0.25, 0.3) is 10.1 Å². The Balaban J connectivity index is 1.50. The molecular weight excluding hydrogens is 349 g/mol. The number of piperidine rings is 1. The van der Waals surface area contributed by atoms with Crippen molar-refractivity contribution in [1.82, 2.24) is 4.98 Å². The van der Waals surface area contributed by atoms with E-state index < -0.39 is 0 Å². The molecule has 3 aromatic rings. The van der Waals surface area contributed by atoms with Crippen molar-refractivity contribution in [2.75, 3.05) is 23.3 Å². The number of rotatable bonds is 3. The Morgan fingerprint density at radius 2 is 2.23 bits per heavy atom. The SMILES string of the molecule is Cc1ccc(NC(=O)[C@@H]2CCCN(c3nccc4sccc34)C2)cc1F. The molecule has 3 heterocycles. The number of hydrogen-bond donors (Lipinski definition) is 1. The topological polar surface area (TPSA) is 45.2 Å². The fraction of sp³-hybridized carbons (Fsp3) is 0.300. The molecule has 134 valence electrons. The summed E-state index contributed by atoms with van der Waals surface area (Å²) in [6, 6.07) is 8.90. The molecule has 1 atom stereocenters. The van der Waals surface area contributed by atoms with Gasteiger partial charge in [-0.2, -0.15) is 0 Å². The molecule has 0 spiro atoms. The smallest absolute Gasteiger partial charge is 0.229 e. The van der Waals surface area contributed by atoms with E-state index >= 15 is 0 Å². The molecule has 4 rings (SSSR count). The highest BCUT2D eigenvalue weighted by atomic mass is 32.1. The number of aryl methyl sites for hydroxylation is 1. The number of amides is 1. The van der Waals surface area contributed by atoms with Crippen molar-refractivity contribution in [1.29, 1.82) is 0 Å². The molecule has 0 aliphatic carbocycles. The molecule has 2 aromatic heterocycles. The lowest BCUT2D eigenvalue weighted by molar-refractivity contribution is -0.120. The van der Waals surface area contributed by atoms with Crippen LogP contribution in [0.2, 0.25) is 0 Å². The summed E-state index contributed by atoms with van der Waals surface area (Å²) in [5, 5.41) is 6.06. The highest BCUT2D eigenvalue weighted by Crippen LogP contribution is 2.31. The van der Waals surface area contributed by atoms with Crippen molar-refractivity contribution >= 4 is 38.8 Å². The number of carbonyl (C=O) groups excluding carboxylic acids is 1. The number of aromatic nitrogens is 1. The van der Waals surface area contributed by atoms with Crippen LogP contribution in [0.15, 0.2) is 41.9 Å². The van der Waals surface area contributed by atoms with E-state index in [1.807, 2.05) is 12.3 Å². The van der Waals surface area contributed by atoms with Gasteiger partial charge in [-0.1, -0.05) is 6.07 Å². The molecule has 1 aromatic carbocycles. The van der Waals surface area contributed by atoms with E-state index in [1.54, 1.807) is 30.4 Å². The molecule has 26 heavy (non-hydrogen) atoms. The van der Waals surface area contributed by atoms with Crippen molar-refractivity contribution in [3.05, 3.63) is 53.3 Å². The average molecular weight is 369 g/mol. The maximum atomic E-state index is 13.7. The normalized spacial score (nSPS) is 17.5. The minimum atomic E-state index is -0.304. The monoisotopic (exact) mass is 369 g/mol. The Labute approximate surface area is 155 Å². The third-order valence-electron chi connectivity index (χ3n) is 4.89.